The maximum absolute atomic E-state index is 13.1. The SMILES string of the molecule is COCOc1cc(OC)c(F)cc1Br. The summed E-state index contributed by atoms with van der Waals surface area (Å²) in [6.45, 7) is 0.105. The van der Waals surface area contributed by atoms with E-state index in [2.05, 4.69) is 15.9 Å². The predicted octanol–water partition coefficient (Wildman–Crippen LogP) is 2.58. The summed E-state index contributed by atoms with van der Waals surface area (Å²) in [5.41, 5.74) is 0. The fourth-order valence-electron chi connectivity index (χ4n) is 0.900. The van der Waals surface area contributed by atoms with Gasteiger partial charge in [-0.15, -0.1) is 0 Å². The Hall–Kier alpha value is -0.810. The van der Waals surface area contributed by atoms with Gasteiger partial charge in [0.2, 0.25) is 0 Å². The van der Waals surface area contributed by atoms with Crippen LogP contribution in [0.4, 0.5) is 4.39 Å². The average Bonchev–Trinajstić information content (AvgIpc) is 2.17. The molecule has 3 nitrogen and oxygen atoms in total. The lowest BCUT2D eigenvalue weighted by molar-refractivity contribution is 0.0503. The monoisotopic (exact) mass is 264 g/mol. The van der Waals surface area contributed by atoms with Gasteiger partial charge in [0.25, 0.3) is 0 Å². The summed E-state index contributed by atoms with van der Waals surface area (Å²) in [5.74, 6) is 0.175. The van der Waals surface area contributed by atoms with E-state index in [1.165, 1.54) is 26.4 Å². The van der Waals surface area contributed by atoms with Crippen molar-refractivity contribution < 1.29 is 18.6 Å². The van der Waals surface area contributed by atoms with Crippen molar-refractivity contribution in [3.8, 4) is 11.5 Å². The Morgan fingerprint density at radius 3 is 2.57 bits per heavy atom. The molecule has 0 aliphatic heterocycles. The number of hydrogen-bond acceptors (Lipinski definition) is 3. The van der Waals surface area contributed by atoms with Crippen LogP contribution in [0.15, 0.2) is 16.6 Å². The van der Waals surface area contributed by atoms with Gasteiger partial charge < -0.3 is 14.2 Å². The fraction of sp³-hybridized carbons (Fsp3) is 0.333. The molecule has 0 atom stereocenters. The van der Waals surface area contributed by atoms with Crippen LogP contribution in [0.5, 0.6) is 11.5 Å². The molecule has 0 bridgehead atoms. The van der Waals surface area contributed by atoms with Gasteiger partial charge in [-0.05, 0) is 22.0 Å². The van der Waals surface area contributed by atoms with Crippen LogP contribution >= 0.6 is 15.9 Å². The van der Waals surface area contributed by atoms with Crippen molar-refractivity contribution in [1.29, 1.82) is 0 Å². The van der Waals surface area contributed by atoms with Crippen LogP contribution in [0.25, 0.3) is 0 Å². The van der Waals surface area contributed by atoms with Gasteiger partial charge in [0.05, 0.1) is 11.6 Å². The highest BCUT2D eigenvalue weighted by atomic mass is 79.9. The van der Waals surface area contributed by atoms with Crippen molar-refractivity contribution in [3.63, 3.8) is 0 Å². The summed E-state index contributed by atoms with van der Waals surface area (Å²) in [6, 6.07) is 2.74. The van der Waals surface area contributed by atoms with Gasteiger partial charge in [0.1, 0.15) is 5.75 Å². The molecule has 1 rings (SSSR count). The van der Waals surface area contributed by atoms with E-state index < -0.39 is 5.82 Å². The van der Waals surface area contributed by atoms with E-state index in [9.17, 15) is 4.39 Å². The topological polar surface area (TPSA) is 27.7 Å². The standard InChI is InChI=1S/C9H10BrFO3/c1-12-5-14-8-4-9(13-2)7(11)3-6(8)10/h3-4H,5H2,1-2H3. The molecule has 0 radical (unpaired) electrons. The summed E-state index contributed by atoms with van der Waals surface area (Å²) in [7, 11) is 2.90. The van der Waals surface area contributed by atoms with Gasteiger partial charge in [-0.2, -0.15) is 0 Å². The largest absolute Gasteiger partial charge is 0.494 e. The molecule has 1 aromatic rings. The molecular weight excluding hydrogens is 255 g/mol. The van der Waals surface area contributed by atoms with E-state index >= 15 is 0 Å². The molecule has 0 aliphatic rings. The summed E-state index contributed by atoms with van der Waals surface area (Å²) >= 11 is 3.16. The number of benzene rings is 1. The maximum Gasteiger partial charge on any atom is 0.188 e. The third-order valence-electron chi connectivity index (χ3n) is 1.54. The first-order valence-electron chi connectivity index (χ1n) is 3.83. The first-order chi connectivity index (χ1) is 6.69. The van der Waals surface area contributed by atoms with Crippen LogP contribution in [0.1, 0.15) is 0 Å². The van der Waals surface area contributed by atoms with Gasteiger partial charge in [-0.25, -0.2) is 4.39 Å². The lowest BCUT2D eigenvalue weighted by Crippen LogP contribution is -2.00. The van der Waals surface area contributed by atoms with Gasteiger partial charge >= 0.3 is 0 Å². The summed E-state index contributed by atoms with van der Waals surface area (Å²) in [5, 5.41) is 0. The Morgan fingerprint density at radius 2 is 2.00 bits per heavy atom. The van der Waals surface area contributed by atoms with E-state index in [-0.39, 0.29) is 12.5 Å². The number of rotatable bonds is 4. The molecule has 0 heterocycles. The molecular formula is C9H10BrFO3. The number of halogens is 2. The number of ether oxygens (including phenoxy) is 3. The van der Waals surface area contributed by atoms with E-state index in [4.69, 9.17) is 14.2 Å². The van der Waals surface area contributed by atoms with Crippen LogP contribution in [-0.4, -0.2) is 21.0 Å². The molecule has 0 N–H and O–H groups in total. The Labute approximate surface area is 89.9 Å². The van der Waals surface area contributed by atoms with Crippen molar-refractivity contribution >= 4 is 15.9 Å². The minimum atomic E-state index is -0.441. The van der Waals surface area contributed by atoms with Crippen molar-refractivity contribution in [1.82, 2.24) is 0 Å². The van der Waals surface area contributed by atoms with E-state index in [0.717, 1.165) is 0 Å². The quantitative estimate of drug-likeness (QED) is 0.783. The van der Waals surface area contributed by atoms with E-state index in [0.29, 0.717) is 10.2 Å². The third-order valence-corrected chi connectivity index (χ3v) is 2.16. The average molecular weight is 265 g/mol. The zero-order valence-electron chi connectivity index (χ0n) is 7.84. The molecule has 0 saturated heterocycles. The Bertz CT molecular complexity index is 317. The molecule has 0 saturated carbocycles. The lowest BCUT2D eigenvalue weighted by atomic mass is 10.3. The Morgan fingerprint density at radius 1 is 1.29 bits per heavy atom. The van der Waals surface area contributed by atoms with Gasteiger partial charge in [-0.3, -0.25) is 0 Å². The molecule has 1 aromatic carbocycles. The maximum atomic E-state index is 13.1. The van der Waals surface area contributed by atoms with Crippen molar-refractivity contribution in [2.75, 3.05) is 21.0 Å². The first-order valence-corrected chi connectivity index (χ1v) is 4.63. The van der Waals surface area contributed by atoms with Gasteiger partial charge in [0.15, 0.2) is 18.4 Å². The zero-order valence-corrected chi connectivity index (χ0v) is 9.43. The van der Waals surface area contributed by atoms with Crippen LogP contribution in [-0.2, 0) is 4.74 Å². The van der Waals surface area contributed by atoms with Crippen molar-refractivity contribution in [2.24, 2.45) is 0 Å². The van der Waals surface area contributed by atoms with E-state index in [1.807, 2.05) is 0 Å². The first kappa shape index (κ1) is 11.3. The molecule has 0 amide bonds. The highest BCUT2D eigenvalue weighted by molar-refractivity contribution is 9.10. The second-order valence-corrected chi connectivity index (χ2v) is 3.32. The molecule has 0 aliphatic carbocycles. The highest BCUT2D eigenvalue weighted by Gasteiger charge is 2.09. The summed E-state index contributed by atoms with van der Waals surface area (Å²) in [6.07, 6.45) is 0. The number of methoxy groups -OCH3 is 2. The second-order valence-electron chi connectivity index (χ2n) is 2.47. The molecule has 0 fully saturated rings. The molecule has 0 unspecified atom stereocenters. The third kappa shape index (κ3) is 2.59. The van der Waals surface area contributed by atoms with Crippen LogP contribution in [0.3, 0.4) is 0 Å². The van der Waals surface area contributed by atoms with Crippen molar-refractivity contribution in [3.05, 3.63) is 22.4 Å². The Balaban J connectivity index is 2.92. The smallest absolute Gasteiger partial charge is 0.188 e. The number of hydrogen-bond donors (Lipinski definition) is 0. The molecule has 0 spiro atoms. The lowest BCUT2D eigenvalue weighted by Gasteiger charge is -2.09. The molecule has 14 heavy (non-hydrogen) atoms. The molecule has 0 aromatic heterocycles. The zero-order chi connectivity index (χ0) is 10.6. The van der Waals surface area contributed by atoms with Crippen molar-refractivity contribution in [2.45, 2.75) is 0 Å². The highest BCUT2D eigenvalue weighted by Crippen LogP contribution is 2.31. The fourth-order valence-corrected chi connectivity index (χ4v) is 1.33. The minimum Gasteiger partial charge on any atom is -0.494 e. The normalized spacial score (nSPS) is 10.0. The summed E-state index contributed by atoms with van der Waals surface area (Å²) < 4.78 is 28.3. The molecule has 5 heteroatoms. The minimum absolute atomic E-state index is 0.105. The van der Waals surface area contributed by atoms with Gasteiger partial charge in [0, 0.05) is 13.2 Å². The Kier molecular flexibility index (Phi) is 4.16. The van der Waals surface area contributed by atoms with Gasteiger partial charge in [-0.1, -0.05) is 0 Å². The van der Waals surface area contributed by atoms with E-state index in [1.54, 1.807) is 0 Å². The summed E-state index contributed by atoms with van der Waals surface area (Å²) in [4.78, 5) is 0. The second kappa shape index (κ2) is 5.17. The molecule has 78 valence electrons. The predicted molar refractivity (Wildman–Crippen MR) is 53.2 cm³/mol. The van der Waals surface area contributed by atoms with Crippen LogP contribution in [0, 0.1) is 5.82 Å². The van der Waals surface area contributed by atoms with Crippen LogP contribution < -0.4 is 9.47 Å². The van der Waals surface area contributed by atoms with Crippen LogP contribution in [0.2, 0.25) is 0 Å².